The molecule has 0 atom stereocenters. The van der Waals surface area contributed by atoms with E-state index in [0.29, 0.717) is 22.5 Å². The monoisotopic (exact) mass is 826 g/mol. The molecule has 19 heteroatoms. The molecule has 0 saturated heterocycles. The summed E-state index contributed by atoms with van der Waals surface area (Å²) in [6.45, 7) is 0.972. The molecule has 0 aliphatic rings. The van der Waals surface area contributed by atoms with Gasteiger partial charge in [0.1, 0.15) is 11.5 Å². The molecule has 6 rings (SSSR count). The van der Waals surface area contributed by atoms with E-state index in [0.717, 1.165) is 6.92 Å². The number of aromatic hydroxyl groups is 2. The largest absolute Gasteiger partial charge is 2.00 e. The average molecular weight is 827 g/mol. The number of carbonyl (C=O) groups is 1. The Labute approximate surface area is 326 Å². The number of aromatic nitrogens is 4. The normalized spacial score (nSPS) is 10.9. The summed E-state index contributed by atoms with van der Waals surface area (Å²) in [5, 5.41) is 28.3. The number of aliphatic carboxylic acids is 1. The van der Waals surface area contributed by atoms with E-state index in [1.807, 2.05) is 0 Å². The standard InChI is InChI=1S/2C17H14N4O3S.C2H4O2.Co/c2*22-16-5-2-1-4-13(16)12-20-14-6-8-15(9-7-14)25(23,24)21-17-18-10-3-11-19-17;1-2(3)4;/h2*1-12,22H,(H,18,19,21);1H3,(H,3,4);/q;;;+2/p-1. The molecule has 6 aromatic rings. The first kappa shape index (κ1) is 42.9. The molecule has 4 N–H and O–H groups in total. The average Bonchev–Trinajstić information content (AvgIpc) is 3.15. The Balaban J connectivity index is 0.000000265. The van der Waals surface area contributed by atoms with E-state index in [-0.39, 0.29) is 50.0 Å². The number of nitrogens with one attached hydrogen (secondary N) is 2. The number of hydrogen-bond acceptors (Lipinski definition) is 14. The van der Waals surface area contributed by atoms with Crippen LogP contribution in [0.3, 0.4) is 0 Å². The van der Waals surface area contributed by atoms with Gasteiger partial charge in [0.25, 0.3) is 20.0 Å². The maximum Gasteiger partial charge on any atom is 2.00 e. The number of benzene rings is 4. The summed E-state index contributed by atoms with van der Waals surface area (Å²) in [4.78, 5) is 32.8. The van der Waals surface area contributed by atoms with Gasteiger partial charge in [-0.3, -0.25) is 9.98 Å². The molecule has 16 nitrogen and oxygen atoms in total. The van der Waals surface area contributed by atoms with Gasteiger partial charge in [0.2, 0.25) is 11.9 Å². The summed E-state index contributed by atoms with van der Waals surface area (Å²) in [6, 6.07) is 28.8. The first-order chi connectivity index (χ1) is 25.8. The maximum absolute atomic E-state index is 12.3. The number of carboxylic acids is 1. The number of nitrogens with zero attached hydrogens (tertiary/aromatic N) is 6. The van der Waals surface area contributed by atoms with Crippen molar-refractivity contribution >= 4 is 61.7 Å². The third-order valence-electron chi connectivity index (χ3n) is 6.46. The van der Waals surface area contributed by atoms with Crippen LogP contribution < -0.4 is 14.6 Å². The van der Waals surface area contributed by atoms with Crippen LogP contribution in [-0.2, 0) is 41.6 Å². The second-order valence-corrected chi connectivity index (χ2v) is 13.8. The van der Waals surface area contributed by atoms with E-state index in [1.54, 1.807) is 84.9 Å². The second-order valence-electron chi connectivity index (χ2n) is 10.5. The zero-order chi connectivity index (χ0) is 39.0. The fourth-order valence-corrected chi connectivity index (χ4v) is 5.88. The SMILES string of the molecule is CC(=O)[O-].O=S(=O)(Nc1ncccn1)c1ccc(N=Cc2ccccc2O)cc1.O=S(=O)(Nc1ncccn1)c1ccc(N=Cc2ccccc2O)cc1.[Co+2]. The summed E-state index contributed by atoms with van der Waals surface area (Å²) in [7, 11) is -7.54. The number of phenols is 2. The first-order valence-electron chi connectivity index (χ1n) is 15.4. The van der Waals surface area contributed by atoms with Crippen LogP contribution in [0.4, 0.5) is 23.3 Å². The van der Waals surface area contributed by atoms with Crippen LogP contribution in [0.15, 0.2) is 154 Å². The fourth-order valence-electron chi connectivity index (χ4n) is 3.97. The number of phenolic OH excluding ortho intramolecular Hbond substituents is 2. The van der Waals surface area contributed by atoms with Crippen LogP contribution >= 0.6 is 0 Å². The number of para-hydroxylation sites is 2. The van der Waals surface area contributed by atoms with Gasteiger partial charge in [-0.2, -0.15) is 0 Å². The Bertz CT molecular complexity index is 2250. The predicted octanol–water partition coefficient (Wildman–Crippen LogP) is 4.22. The van der Waals surface area contributed by atoms with Gasteiger partial charge in [0.05, 0.1) is 21.2 Å². The third kappa shape index (κ3) is 14.1. The fraction of sp³-hybridized carbons (Fsp3) is 0.0278. The molecule has 55 heavy (non-hydrogen) atoms. The van der Waals surface area contributed by atoms with Crippen molar-refractivity contribution in [1.29, 1.82) is 0 Å². The van der Waals surface area contributed by atoms with E-state index in [4.69, 9.17) is 9.90 Å². The zero-order valence-corrected chi connectivity index (χ0v) is 31.2. The van der Waals surface area contributed by atoms with Crippen LogP contribution in [0, 0.1) is 0 Å². The number of rotatable bonds is 10. The quantitative estimate of drug-likeness (QED) is 0.142. The molecule has 0 bridgehead atoms. The molecule has 0 aliphatic carbocycles. The van der Waals surface area contributed by atoms with Crippen LogP contribution in [0.25, 0.3) is 0 Å². The van der Waals surface area contributed by atoms with Gasteiger partial charge in [-0.15, -0.1) is 0 Å². The molecule has 4 aromatic carbocycles. The van der Waals surface area contributed by atoms with Crippen LogP contribution in [0.2, 0.25) is 0 Å². The number of aliphatic imine (C=N–C) groups is 2. The molecule has 0 spiro atoms. The van der Waals surface area contributed by atoms with E-state index >= 15 is 0 Å². The van der Waals surface area contributed by atoms with Crippen molar-refractivity contribution in [3.63, 3.8) is 0 Å². The van der Waals surface area contributed by atoms with Gasteiger partial charge in [0.15, 0.2) is 0 Å². The number of sulfonamides is 2. The predicted molar refractivity (Wildman–Crippen MR) is 200 cm³/mol. The Morgan fingerprint density at radius 3 is 1.20 bits per heavy atom. The van der Waals surface area contributed by atoms with Crippen molar-refractivity contribution in [2.75, 3.05) is 9.44 Å². The molecule has 283 valence electrons. The number of carbonyl (C=O) groups excluding carboxylic acids is 1. The minimum atomic E-state index is -3.77. The Morgan fingerprint density at radius 2 is 0.891 bits per heavy atom. The number of anilines is 2. The molecule has 0 fully saturated rings. The summed E-state index contributed by atoms with van der Waals surface area (Å²) in [6.07, 6.45) is 8.80. The van der Waals surface area contributed by atoms with Crippen molar-refractivity contribution in [2.45, 2.75) is 16.7 Å². The number of carboxylic acid groups (broad SMARTS) is 1. The van der Waals surface area contributed by atoms with Crippen molar-refractivity contribution in [3.8, 4) is 11.5 Å². The summed E-state index contributed by atoms with van der Waals surface area (Å²) in [5.41, 5.74) is 2.25. The Morgan fingerprint density at radius 1 is 0.582 bits per heavy atom. The van der Waals surface area contributed by atoms with Crippen molar-refractivity contribution in [1.82, 2.24) is 19.9 Å². The summed E-state index contributed by atoms with van der Waals surface area (Å²) >= 11 is 0. The van der Waals surface area contributed by atoms with Crippen LogP contribution in [0.1, 0.15) is 18.1 Å². The van der Waals surface area contributed by atoms with Crippen LogP contribution in [-0.4, -0.2) is 65.4 Å². The van der Waals surface area contributed by atoms with Crippen molar-refractivity contribution < 1.29 is 53.7 Å². The smallest absolute Gasteiger partial charge is 0.550 e. The van der Waals surface area contributed by atoms with Gasteiger partial charge in [-0.05, 0) is 91.9 Å². The second kappa shape index (κ2) is 20.6. The molecule has 0 aliphatic heterocycles. The van der Waals surface area contributed by atoms with E-state index in [9.17, 15) is 27.0 Å². The van der Waals surface area contributed by atoms with E-state index in [1.165, 1.54) is 61.5 Å². The van der Waals surface area contributed by atoms with Crippen LogP contribution in [0.5, 0.6) is 11.5 Å². The van der Waals surface area contributed by atoms with E-state index < -0.39 is 26.0 Å². The Kier molecular flexibility index (Phi) is 16.1. The van der Waals surface area contributed by atoms with Gasteiger partial charge >= 0.3 is 16.8 Å². The Hall–Kier alpha value is -6.54. The zero-order valence-electron chi connectivity index (χ0n) is 28.5. The molecule has 0 unspecified atom stereocenters. The van der Waals surface area contributed by atoms with Gasteiger partial charge in [0, 0.05) is 54.3 Å². The molecular weight excluding hydrogens is 796 g/mol. The van der Waals surface area contributed by atoms with Gasteiger partial charge < -0.3 is 20.1 Å². The van der Waals surface area contributed by atoms with Gasteiger partial charge in [-0.1, -0.05) is 24.3 Å². The minimum Gasteiger partial charge on any atom is -0.550 e. The molecule has 0 amide bonds. The minimum absolute atomic E-state index is 0. The van der Waals surface area contributed by atoms with Gasteiger partial charge in [-0.25, -0.2) is 46.2 Å². The number of hydrogen-bond donors (Lipinski definition) is 4. The first-order valence-corrected chi connectivity index (χ1v) is 18.4. The summed E-state index contributed by atoms with van der Waals surface area (Å²) in [5.74, 6) is -0.830. The maximum atomic E-state index is 12.3. The third-order valence-corrected chi connectivity index (χ3v) is 9.14. The van der Waals surface area contributed by atoms with Crippen molar-refractivity contribution in [3.05, 3.63) is 145 Å². The topological polar surface area (TPSA) is 249 Å². The molecule has 1 radical (unpaired) electrons. The molecule has 2 heterocycles. The van der Waals surface area contributed by atoms with E-state index in [2.05, 4.69) is 39.4 Å². The van der Waals surface area contributed by atoms with Crippen molar-refractivity contribution in [2.24, 2.45) is 9.98 Å². The molecule has 2 aromatic heterocycles. The molecule has 0 saturated carbocycles. The molecular formula is C36H31CoN8O8S2+. The summed E-state index contributed by atoms with van der Waals surface area (Å²) < 4.78 is 53.7.